The van der Waals surface area contributed by atoms with Crippen LogP contribution in [-0.2, 0) is 17.5 Å². The van der Waals surface area contributed by atoms with Crippen molar-refractivity contribution >= 4 is 11.6 Å². The van der Waals surface area contributed by atoms with Gasteiger partial charge >= 0.3 is 6.18 Å². The fourth-order valence-corrected chi connectivity index (χ4v) is 2.96. The maximum Gasteiger partial charge on any atom is 0.416 e. The molecule has 1 unspecified atom stereocenters. The standard InChI is InChI=1S/C20H20F3N5O/c1-2-27(11-15-6-4-3-5-7-15)12-19(29)26-17-10-16(20(21,22)23)8-9-18(17)28-14-24-13-25-28/h3-10,13-14H,2,11-12H2,1H3,(H,26,29)/p+1. The zero-order valence-corrected chi connectivity index (χ0v) is 15.8. The van der Waals surface area contributed by atoms with Gasteiger partial charge in [0.2, 0.25) is 0 Å². The van der Waals surface area contributed by atoms with Gasteiger partial charge in [0, 0.05) is 5.56 Å². The van der Waals surface area contributed by atoms with Crippen molar-refractivity contribution in [2.24, 2.45) is 0 Å². The van der Waals surface area contributed by atoms with Gasteiger partial charge in [-0.15, -0.1) is 0 Å². The number of likely N-dealkylation sites (N-methyl/N-ethyl adjacent to an activating group) is 1. The van der Waals surface area contributed by atoms with E-state index in [0.717, 1.165) is 22.6 Å². The number of amides is 1. The van der Waals surface area contributed by atoms with Gasteiger partial charge in [-0.25, -0.2) is 9.67 Å². The monoisotopic (exact) mass is 404 g/mol. The largest absolute Gasteiger partial charge is 0.416 e. The molecule has 0 fully saturated rings. The van der Waals surface area contributed by atoms with Crippen molar-refractivity contribution in [3.8, 4) is 5.69 Å². The summed E-state index contributed by atoms with van der Waals surface area (Å²) in [7, 11) is 0. The van der Waals surface area contributed by atoms with Crippen LogP contribution in [0.3, 0.4) is 0 Å². The molecule has 0 radical (unpaired) electrons. The minimum Gasteiger partial charge on any atom is -0.324 e. The first-order valence-electron chi connectivity index (χ1n) is 9.10. The third kappa shape index (κ3) is 5.41. The lowest BCUT2D eigenvalue weighted by atomic mass is 10.1. The van der Waals surface area contributed by atoms with Crippen LogP contribution in [0.25, 0.3) is 5.69 Å². The van der Waals surface area contributed by atoms with Crippen molar-refractivity contribution in [1.82, 2.24) is 14.8 Å². The highest BCUT2D eigenvalue weighted by atomic mass is 19.4. The molecule has 0 saturated carbocycles. The molecule has 2 N–H and O–H groups in total. The van der Waals surface area contributed by atoms with Crippen molar-refractivity contribution in [2.75, 3.05) is 18.4 Å². The Morgan fingerprint density at radius 2 is 1.93 bits per heavy atom. The highest BCUT2D eigenvalue weighted by Gasteiger charge is 2.31. The van der Waals surface area contributed by atoms with Crippen molar-refractivity contribution in [3.63, 3.8) is 0 Å². The molecule has 0 aliphatic heterocycles. The first kappa shape index (κ1) is 20.5. The Balaban J connectivity index is 1.79. The third-order valence-electron chi connectivity index (χ3n) is 4.47. The van der Waals surface area contributed by atoms with Crippen LogP contribution in [0.1, 0.15) is 18.1 Å². The lowest BCUT2D eigenvalue weighted by Crippen LogP contribution is -3.11. The minimum absolute atomic E-state index is 0.0329. The van der Waals surface area contributed by atoms with Crippen LogP contribution in [-0.4, -0.2) is 33.8 Å². The smallest absolute Gasteiger partial charge is 0.324 e. The maximum absolute atomic E-state index is 13.1. The van der Waals surface area contributed by atoms with Crippen LogP contribution in [0.4, 0.5) is 18.9 Å². The maximum atomic E-state index is 13.1. The predicted molar refractivity (Wildman–Crippen MR) is 102 cm³/mol. The number of hydrogen-bond acceptors (Lipinski definition) is 3. The molecule has 152 valence electrons. The molecule has 29 heavy (non-hydrogen) atoms. The second-order valence-corrected chi connectivity index (χ2v) is 6.56. The van der Waals surface area contributed by atoms with Crippen LogP contribution in [0.5, 0.6) is 0 Å². The van der Waals surface area contributed by atoms with Crippen molar-refractivity contribution in [2.45, 2.75) is 19.6 Å². The number of alkyl halides is 3. The topological polar surface area (TPSA) is 64.2 Å². The molecule has 2 aromatic carbocycles. The van der Waals surface area contributed by atoms with E-state index >= 15 is 0 Å². The molecule has 0 aliphatic carbocycles. The van der Waals surface area contributed by atoms with Crippen LogP contribution in [0.15, 0.2) is 61.2 Å². The van der Waals surface area contributed by atoms with Gasteiger partial charge in [-0.2, -0.15) is 18.3 Å². The Labute approximate surface area is 166 Å². The summed E-state index contributed by atoms with van der Waals surface area (Å²) in [5.41, 5.74) is 0.579. The number of carbonyl (C=O) groups excluding carboxylic acids is 1. The van der Waals surface area contributed by atoms with Crippen LogP contribution in [0, 0.1) is 0 Å². The molecule has 1 amide bonds. The Bertz CT molecular complexity index is 943. The molecule has 0 bridgehead atoms. The van der Waals surface area contributed by atoms with E-state index in [1.54, 1.807) is 0 Å². The Kier molecular flexibility index (Phi) is 6.28. The summed E-state index contributed by atoms with van der Waals surface area (Å²) in [4.78, 5) is 17.4. The molecule has 1 heterocycles. The first-order chi connectivity index (χ1) is 13.9. The lowest BCUT2D eigenvalue weighted by Gasteiger charge is -2.19. The summed E-state index contributed by atoms with van der Waals surface area (Å²) in [6.07, 6.45) is -1.89. The van der Waals surface area contributed by atoms with Crippen LogP contribution < -0.4 is 10.2 Å². The molecule has 0 saturated heterocycles. The Hall–Kier alpha value is -3.20. The lowest BCUT2D eigenvalue weighted by molar-refractivity contribution is -0.903. The van der Waals surface area contributed by atoms with E-state index in [1.807, 2.05) is 37.3 Å². The number of anilines is 1. The molecule has 0 aliphatic rings. The normalized spacial score (nSPS) is 12.6. The minimum atomic E-state index is -4.52. The van der Waals surface area contributed by atoms with E-state index in [2.05, 4.69) is 15.4 Å². The van der Waals surface area contributed by atoms with Gasteiger partial charge in [-0.1, -0.05) is 30.3 Å². The van der Waals surface area contributed by atoms with E-state index < -0.39 is 11.7 Å². The number of benzene rings is 2. The summed E-state index contributed by atoms with van der Waals surface area (Å²) >= 11 is 0. The van der Waals surface area contributed by atoms with E-state index in [0.29, 0.717) is 18.8 Å². The average Bonchev–Trinajstić information content (AvgIpc) is 3.22. The van der Waals surface area contributed by atoms with Gasteiger partial charge in [0.15, 0.2) is 6.54 Å². The number of aromatic nitrogens is 3. The van der Waals surface area contributed by atoms with Crippen molar-refractivity contribution < 1.29 is 22.9 Å². The van der Waals surface area contributed by atoms with Crippen LogP contribution >= 0.6 is 0 Å². The fourth-order valence-electron chi connectivity index (χ4n) is 2.96. The zero-order valence-electron chi connectivity index (χ0n) is 15.8. The molecule has 1 aromatic heterocycles. The second kappa shape index (κ2) is 8.87. The first-order valence-corrected chi connectivity index (χ1v) is 9.10. The van der Waals surface area contributed by atoms with Gasteiger partial charge in [-0.3, -0.25) is 4.79 Å². The molecule has 3 aromatic rings. The van der Waals surface area contributed by atoms with E-state index in [4.69, 9.17) is 0 Å². The van der Waals surface area contributed by atoms with Gasteiger partial charge in [-0.05, 0) is 25.1 Å². The van der Waals surface area contributed by atoms with E-state index in [9.17, 15) is 18.0 Å². The summed E-state index contributed by atoms with van der Waals surface area (Å²) in [6.45, 7) is 3.42. The fraction of sp³-hybridized carbons (Fsp3) is 0.250. The summed E-state index contributed by atoms with van der Waals surface area (Å²) in [5.74, 6) is -0.376. The van der Waals surface area contributed by atoms with Crippen molar-refractivity contribution in [3.05, 3.63) is 72.3 Å². The van der Waals surface area contributed by atoms with Gasteiger partial charge < -0.3 is 10.2 Å². The van der Waals surface area contributed by atoms with Crippen molar-refractivity contribution in [1.29, 1.82) is 0 Å². The Morgan fingerprint density at radius 1 is 1.17 bits per heavy atom. The average molecular weight is 404 g/mol. The summed E-state index contributed by atoms with van der Waals surface area (Å²) in [6, 6.07) is 12.9. The van der Waals surface area contributed by atoms with E-state index in [-0.39, 0.29) is 18.1 Å². The quantitative estimate of drug-likeness (QED) is 0.635. The molecule has 6 nitrogen and oxygen atoms in total. The number of quaternary nitrogens is 1. The zero-order chi connectivity index (χ0) is 20.9. The number of rotatable bonds is 7. The summed E-state index contributed by atoms with van der Waals surface area (Å²) < 4.78 is 40.7. The molecule has 0 spiro atoms. The van der Waals surface area contributed by atoms with E-state index in [1.165, 1.54) is 23.4 Å². The number of halogens is 3. The van der Waals surface area contributed by atoms with Gasteiger partial charge in [0.25, 0.3) is 5.91 Å². The highest BCUT2D eigenvalue weighted by Crippen LogP contribution is 2.33. The number of hydrogen-bond donors (Lipinski definition) is 2. The third-order valence-corrected chi connectivity index (χ3v) is 4.47. The molecule has 9 heteroatoms. The molecule has 3 rings (SSSR count). The molecular formula is C20H21F3N5O+. The Morgan fingerprint density at radius 3 is 2.55 bits per heavy atom. The highest BCUT2D eigenvalue weighted by molar-refractivity contribution is 5.93. The summed E-state index contributed by atoms with van der Waals surface area (Å²) in [5, 5.41) is 6.56. The SMILES string of the molecule is CC[NH+](CC(=O)Nc1cc(C(F)(F)F)ccc1-n1cncn1)Cc1ccccc1. The number of nitrogens with zero attached hydrogens (tertiary/aromatic N) is 3. The van der Waals surface area contributed by atoms with Crippen LogP contribution in [0.2, 0.25) is 0 Å². The molecule has 1 atom stereocenters. The molecular weight excluding hydrogens is 383 g/mol. The second-order valence-electron chi connectivity index (χ2n) is 6.56. The van der Waals surface area contributed by atoms with Gasteiger partial charge in [0.1, 0.15) is 19.2 Å². The number of nitrogens with one attached hydrogen (secondary N) is 2. The predicted octanol–water partition coefficient (Wildman–Crippen LogP) is 2.33. The number of carbonyl (C=O) groups is 1. The van der Waals surface area contributed by atoms with Gasteiger partial charge in [0.05, 0.1) is 23.5 Å².